The van der Waals surface area contributed by atoms with E-state index < -0.39 is 0 Å². The molecular weight excluding hydrogens is 358 g/mol. The molecule has 120 valence electrons. The fourth-order valence-corrected chi connectivity index (χ4v) is 2.91. The van der Waals surface area contributed by atoms with Gasteiger partial charge < -0.3 is 0 Å². The third-order valence-corrected chi connectivity index (χ3v) is 4.57. The van der Waals surface area contributed by atoms with Crippen molar-refractivity contribution < 1.29 is 0 Å². The number of aliphatic imine (C=N–C) groups is 1. The first-order valence-electron chi connectivity index (χ1n) is 8.15. The van der Waals surface area contributed by atoms with Crippen molar-refractivity contribution in [3.63, 3.8) is 0 Å². The first-order valence-corrected chi connectivity index (χ1v) is 8.95. The van der Waals surface area contributed by atoms with Crippen molar-refractivity contribution in [3.8, 4) is 0 Å². The lowest BCUT2D eigenvalue weighted by Crippen LogP contribution is -2.03. The number of halogens is 1. The summed E-state index contributed by atoms with van der Waals surface area (Å²) in [6, 6.07) is 27.3. The van der Waals surface area contributed by atoms with Gasteiger partial charge >= 0.3 is 0 Å². The second kappa shape index (κ2) is 8.07. The van der Waals surface area contributed by atoms with E-state index >= 15 is 0 Å². The molecule has 0 N–H and O–H groups in total. The minimum Gasteiger partial charge on any atom is -0.253 e. The van der Waals surface area contributed by atoms with E-state index in [1.54, 1.807) is 0 Å². The van der Waals surface area contributed by atoms with Gasteiger partial charge in [0.1, 0.15) is 0 Å². The van der Waals surface area contributed by atoms with Gasteiger partial charge in [0, 0.05) is 10.2 Å². The average molecular weight is 378 g/mol. The number of hydrogen-bond acceptors (Lipinski definition) is 1. The number of nitrogens with zero attached hydrogens (tertiary/aromatic N) is 1. The lowest BCUT2D eigenvalue weighted by molar-refractivity contribution is 1.04. The molecule has 0 fully saturated rings. The molecule has 0 amide bonds. The summed E-state index contributed by atoms with van der Waals surface area (Å²) >= 11 is 3.51. The number of benzene rings is 3. The molecule has 0 atom stereocenters. The van der Waals surface area contributed by atoms with Crippen molar-refractivity contribution in [2.45, 2.75) is 19.8 Å². The Labute approximate surface area is 152 Å². The second-order valence-corrected chi connectivity index (χ2v) is 6.75. The molecule has 0 unspecified atom stereocenters. The van der Waals surface area contributed by atoms with Gasteiger partial charge in [0.15, 0.2) is 0 Å². The zero-order valence-corrected chi connectivity index (χ0v) is 15.3. The molecule has 0 aliphatic heterocycles. The van der Waals surface area contributed by atoms with Gasteiger partial charge in [-0.1, -0.05) is 76.6 Å². The van der Waals surface area contributed by atoms with Gasteiger partial charge in [-0.25, -0.2) is 0 Å². The Morgan fingerprint density at radius 1 is 0.833 bits per heavy atom. The van der Waals surface area contributed by atoms with Gasteiger partial charge in [-0.15, -0.1) is 0 Å². The van der Waals surface area contributed by atoms with E-state index in [-0.39, 0.29) is 0 Å². The zero-order chi connectivity index (χ0) is 16.8. The van der Waals surface area contributed by atoms with Crippen LogP contribution in [0.1, 0.15) is 23.1 Å². The Morgan fingerprint density at radius 3 is 2.21 bits per heavy atom. The van der Waals surface area contributed by atoms with E-state index in [0.29, 0.717) is 0 Å². The maximum atomic E-state index is 4.97. The third kappa shape index (κ3) is 4.42. The summed E-state index contributed by atoms with van der Waals surface area (Å²) < 4.78 is 1.09. The SMILES string of the molecule is Cc1ccccc1N=C(CCc1ccccc1)c1ccc(Br)cc1. The molecule has 0 saturated carbocycles. The monoisotopic (exact) mass is 377 g/mol. The maximum Gasteiger partial charge on any atom is 0.0662 e. The van der Waals surface area contributed by atoms with Crippen LogP contribution < -0.4 is 0 Å². The normalized spacial score (nSPS) is 11.5. The molecule has 1 nitrogen and oxygen atoms in total. The Morgan fingerprint density at radius 2 is 1.50 bits per heavy atom. The minimum atomic E-state index is 0.917. The highest BCUT2D eigenvalue weighted by atomic mass is 79.9. The molecule has 0 bridgehead atoms. The fraction of sp³-hybridized carbons (Fsp3) is 0.136. The number of hydrogen-bond donors (Lipinski definition) is 0. The molecule has 3 aromatic rings. The summed E-state index contributed by atoms with van der Waals surface area (Å²) in [7, 11) is 0. The van der Waals surface area contributed by atoms with Crippen molar-refractivity contribution in [1.29, 1.82) is 0 Å². The van der Waals surface area contributed by atoms with Crippen molar-refractivity contribution in [2.75, 3.05) is 0 Å². The van der Waals surface area contributed by atoms with Gasteiger partial charge in [-0.3, -0.25) is 4.99 Å². The molecule has 3 aromatic carbocycles. The standard InChI is InChI=1S/C22H20BrN/c1-17-7-5-6-10-21(17)24-22(19-12-14-20(23)15-13-19)16-11-18-8-3-2-4-9-18/h2-10,12-15H,11,16H2,1H3. The van der Waals surface area contributed by atoms with E-state index in [2.05, 4.69) is 95.7 Å². The van der Waals surface area contributed by atoms with Crippen LogP contribution in [0.3, 0.4) is 0 Å². The van der Waals surface area contributed by atoms with Gasteiger partial charge in [0.05, 0.1) is 5.69 Å². The molecular formula is C22H20BrN. The molecule has 24 heavy (non-hydrogen) atoms. The van der Waals surface area contributed by atoms with Crippen LogP contribution in [0.15, 0.2) is 88.3 Å². The number of rotatable bonds is 5. The van der Waals surface area contributed by atoms with E-state index in [9.17, 15) is 0 Å². The van der Waals surface area contributed by atoms with Gasteiger partial charge in [0.25, 0.3) is 0 Å². The highest BCUT2D eigenvalue weighted by Gasteiger charge is 2.06. The summed E-state index contributed by atoms with van der Waals surface area (Å²) in [5.74, 6) is 0. The number of aryl methyl sites for hydroxylation is 2. The van der Waals surface area contributed by atoms with Crippen LogP contribution in [0.4, 0.5) is 5.69 Å². The summed E-state index contributed by atoms with van der Waals surface area (Å²) in [6.45, 7) is 2.11. The van der Waals surface area contributed by atoms with E-state index in [0.717, 1.165) is 28.7 Å². The Balaban J connectivity index is 1.91. The highest BCUT2D eigenvalue weighted by Crippen LogP contribution is 2.21. The third-order valence-electron chi connectivity index (χ3n) is 4.04. The van der Waals surface area contributed by atoms with Crippen LogP contribution >= 0.6 is 15.9 Å². The second-order valence-electron chi connectivity index (χ2n) is 5.84. The highest BCUT2D eigenvalue weighted by molar-refractivity contribution is 9.10. The molecule has 0 saturated heterocycles. The lowest BCUT2D eigenvalue weighted by atomic mass is 10.0. The fourth-order valence-electron chi connectivity index (χ4n) is 2.65. The minimum absolute atomic E-state index is 0.917. The maximum absolute atomic E-state index is 4.97. The van der Waals surface area contributed by atoms with Crippen molar-refractivity contribution in [3.05, 3.63) is 100 Å². The van der Waals surface area contributed by atoms with Gasteiger partial charge in [-0.05, 0) is 54.7 Å². The van der Waals surface area contributed by atoms with Crippen molar-refractivity contribution in [2.24, 2.45) is 4.99 Å². The Bertz CT molecular complexity index is 820. The summed E-state index contributed by atoms with van der Waals surface area (Å²) in [4.78, 5) is 4.97. The van der Waals surface area contributed by atoms with Crippen molar-refractivity contribution >= 4 is 27.3 Å². The molecule has 3 rings (SSSR count). The molecule has 0 aliphatic rings. The van der Waals surface area contributed by atoms with Crippen LogP contribution in [0, 0.1) is 6.92 Å². The summed E-state index contributed by atoms with van der Waals surface area (Å²) in [5, 5.41) is 0. The van der Waals surface area contributed by atoms with Crippen LogP contribution in [-0.4, -0.2) is 5.71 Å². The smallest absolute Gasteiger partial charge is 0.0662 e. The Hall–Kier alpha value is -2.19. The quantitative estimate of drug-likeness (QED) is 0.449. The first-order chi connectivity index (χ1) is 11.7. The molecule has 2 heteroatoms. The predicted molar refractivity (Wildman–Crippen MR) is 106 cm³/mol. The van der Waals surface area contributed by atoms with Gasteiger partial charge in [-0.2, -0.15) is 0 Å². The zero-order valence-electron chi connectivity index (χ0n) is 13.7. The first kappa shape index (κ1) is 16.7. The summed E-state index contributed by atoms with van der Waals surface area (Å²) in [5.41, 5.74) is 5.89. The van der Waals surface area contributed by atoms with Crippen LogP contribution in [0.25, 0.3) is 0 Å². The number of para-hydroxylation sites is 1. The molecule has 0 aromatic heterocycles. The lowest BCUT2D eigenvalue weighted by Gasteiger charge is -2.09. The topological polar surface area (TPSA) is 12.4 Å². The molecule has 0 heterocycles. The van der Waals surface area contributed by atoms with E-state index in [1.807, 2.05) is 6.07 Å². The largest absolute Gasteiger partial charge is 0.253 e. The van der Waals surface area contributed by atoms with Crippen LogP contribution in [0.2, 0.25) is 0 Å². The van der Waals surface area contributed by atoms with E-state index in [4.69, 9.17) is 4.99 Å². The Kier molecular flexibility index (Phi) is 5.60. The predicted octanol–water partition coefficient (Wildman–Crippen LogP) is 6.51. The molecule has 0 aliphatic carbocycles. The van der Waals surface area contributed by atoms with Crippen LogP contribution in [-0.2, 0) is 6.42 Å². The van der Waals surface area contributed by atoms with Gasteiger partial charge in [0.2, 0.25) is 0 Å². The molecule has 0 spiro atoms. The van der Waals surface area contributed by atoms with E-state index in [1.165, 1.54) is 16.7 Å². The molecule has 0 radical (unpaired) electrons. The summed E-state index contributed by atoms with van der Waals surface area (Å²) in [6.07, 6.45) is 1.90. The van der Waals surface area contributed by atoms with Crippen LogP contribution in [0.5, 0.6) is 0 Å². The van der Waals surface area contributed by atoms with Crippen molar-refractivity contribution in [1.82, 2.24) is 0 Å². The average Bonchev–Trinajstić information content (AvgIpc) is 2.62.